The predicted octanol–water partition coefficient (Wildman–Crippen LogP) is 4.95. The van der Waals surface area contributed by atoms with Crippen molar-refractivity contribution < 1.29 is 32.2 Å². The Morgan fingerprint density at radius 3 is 2.15 bits per heavy atom. The van der Waals surface area contributed by atoms with Crippen LogP contribution in [0.3, 0.4) is 0 Å². The smallest absolute Gasteiger partial charge is 0.416 e. The fourth-order valence-electron chi connectivity index (χ4n) is 2.33. The van der Waals surface area contributed by atoms with E-state index in [1.165, 1.54) is 38.1 Å². The number of ether oxygens (including phenoxy) is 2. The van der Waals surface area contributed by atoms with Gasteiger partial charge in [-0.3, -0.25) is 9.59 Å². The number of esters is 2. The Kier molecular flexibility index (Phi) is 6.39. The molecule has 0 aliphatic carbocycles. The largest absolute Gasteiger partial charge is 0.453 e. The molecule has 0 aliphatic heterocycles. The van der Waals surface area contributed by atoms with E-state index < -0.39 is 29.8 Å². The van der Waals surface area contributed by atoms with Gasteiger partial charge in [-0.25, -0.2) is 0 Å². The van der Waals surface area contributed by atoms with Crippen LogP contribution in [0.1, 0.15) is 36.6 Å². The number of hydrogen-bond donors (Lipinski definition) is 0. The molecule has 0 aliphatic rings. The Hall–Kier alpha value is -3.09. The fourth-order valence-corrected chi connectivity index (χ4v) is 2.33. The molecule has 0 bridgehead atoms. The number of benzene rings is 2. The number of carbonyl (C=O) groups is 2. The molecule has 1 unspecified atom stereocenters. The van der Waals surface area contributed by atoms with Crippen LogP contribution in [0.2, 0.25) is 0 Å². The highest BCUT2D eigenvalue weighted by molar-refractivity contribution is 5.70. The summed E-state index contributed by atoms with van der Waals surface area (Å²) in [6.07, 6.45) is -2.25. The van der Waals surface area contributed by atoms with Crippen LogP contribution in [0, 0.1) is 0 Å². The van der Waals surface area contributed by atoms with E-state index in [0.717, 1.165) is 12.1 Å². The standard InChI is InChI=1S/C20H17F3O4/c1-13(24)26-18-6-4-3-5-17(18)19(27-14(2)25)12-9-15-7-10-16(11-8-15)20(21,22)23/h3-12,19H,1-2H3. The molecular formula is C20H17F3O4. The van der Waals surface area contributed by atoms with Crippen LogP contribution in [0.15, 0.2) is 54.6 Å². The van der Waals surface area contributed by atoms with Crippen molar-refractivity contribution in [3.63, 3.8) is 0 Å². The second-order valence-corrected chi connectivity index (χ2v) is 5.64. The molecule has 27 heavy (non-hydrogen) atoms. The zero-order valence-corrected chi connectivity index (χ0v) is 14.6. The van der Waals surface area contributed by atoms with Crippen molar-refractivity contribution in [1.82, 2.24) is 0 Å². The van der Waals surface area contributed by atoms with Crippen LogP contribution < -0.4 is 4.74 Å². The van der Waals surface area contributed by atoms with Gasteiger partial charge in [-0.15, -0.1) is 0 Å². The molecule has 2 aromatic rings. The number of carbonyl (C=O) groups excluding carboxylic acids is 2. The lowest BCUT2D eigenvalue weighted by Crippen LogP contribution is -2.10. The van der Waals surface area contributed by atoms with Crippen molar-refractivity contribution in [3.05, 3.63) is 71.3 Å². The number of alkyl halides is 3. The van der Waals surface area contributed by atoms with Crippen molar-refractivity contribution in [2.75, 3.05) is 0 Å². The van der Waals surface area contributed by atoms with Gasteiger partial charge in [-0.1, -0.05) is 36.4 Å². The summed E-state index contributed by atoms with van der Waals surface area (Å²) in [6, 6.07) is 11.1. The third-order valence-electron chi connectivity index (χ3n) is 3.47. The number of para-hydroxylation sites is 1. The lowest BCUT2D eigenvalue weighted by atomic mass is 10.1. The number of hydrogen-bond acceptors (Lipinski definition) is 4. The average Bonchev–Trinajstić information content (AvgIpc) is 2.58. The maximum absolute atomic E-state index is 12.6. The van der Waals surface area contributed by atoms with Gasteiger partial charge >= 0.3 is 18.1 Å². The normalized spacial score (nSPS) is 12.6. The van der Waals surface area contributed by atoms with E-state index in [0.29, 0.717) is 11.1 Å². The van der Waals surface area contributed by atoms with Crippen molar-refractivity contribution in [1.29, 1.82) is 0 Å². The summed E-state index contributed by atoms with van der Waals surface area (Å²) in [4.78, 5) is 22.7. The maximum atomic E-state index is 12.6. The molecule has 2 rings (SSSR count). The van der Waals surface area contributed by atoms with E-state index >= 15 is 0 Å². The van der Waals surface area contributed by atoms with Gasteiger partial charge in [0.1, 0.15) is 11.9 Å². The first-order chi connectivity index (χ1) is 12.7. The molecule has 142 valence electrons. The third kappa shape index (κ3) is 5.99. The molecule has 0 amide bonds. The van der Waals surface area contributed by atoms with Gasteiger partial charge in [-0.05, 0) is 29.8 Å². The first-order valence-electron chi connectivity index (χ1n) is 7.97. The van der Waals surface area contributed by atoms with Crippen LogP contribution in [0.4, 0.5) is 13.2 Å². The highest BCUT2D eigenvalue weighted by Gasteiger charge is 2.29. The lowest BCUT2D eigenvalue weighted by Gasteiger charge is -2.17. The summed E-state index contributed by atoms with van der Waals surface area (Å²) < 4.78 is 48.3. The molecule has 1 atom stereocenters. The molecule has 2 aromatic carbocycles. The highest BCUT2D eigenvalue weighted by atomic mass is 19.4. The molecule has 4 nitrogen and oxygen atoms in total. The summed E-state index contributed by atoms with van der Waals surface area (Å²) in [5, 5.41) is 0. The van der Waals surface area contributed by atoms with Crippen molar-refractivity contribution in [3.8, 4) is 5.75 Å². The Morgan fingerprint density at radius 2 is 1.59 bits per heavy atom. The first-order valence-corrected chi connectivity index (χ1v) is 7.97. The minimum absolute atomic E-state index is 0.230. The van der Waals surface area contributed by atoms with Crippen LogP contribution >= 0.6 is 0 Å². The number of halogens is 3. The van der Waals surface area contributed by atoms with E-state index in [1.807, 2.05) is 0 Å². The van der Waals surface area contributed by atoms with Crippen LogP contribution in [-0.4, -0.2) is 11.9 Å². The highest BCUT2D eigenvalue weighted by Crippen LogP contribution is 2.31. The minimum Gasteiger partial charge on any atom is -0.453 e. The summed E-state index contributed by atoms with van der Waals surface area (Å²) in [5.74, 6) is -0.862. The number of rotatable bonds is 5. The second kappa shape index (κ2) is 8.53. The Bertz CT molecular complexity index is 839. The molecule has 0 N–H and O–H groups in total. The molecule has 7 heteroatoms. The quantitative estimate of drug-likeness (QED) is 0.546. The van der Waals surface area contributed by atoms with Gasteiger partial charge in [0.25, 0.3) is 0 Å². The Labute approximate surface area is 154 Å². The van der Waals surface area contributed by atoms with E-state index in [9.17, 15) is 22.8 Å². The topological polar surface area (TPSA) is 52.6 Å². The Balaban J connectivity index is 2.31. The minimum atomic E-state index is -4.41. The third-order valence-corrected chi connectivity index (χ3v) is 3.47. The van der Waals surface area contributed by atoms with Gasteiger partial charge in [0.05, 0.1) is 5.56 Å². The first kappa shape index (κ1) is 20.2. The zero-order valence-electron chi connectivity index (χ0n) is 14.6. The fraction of sp³-hybridized carbons (Fsp3) is 0.200. The van der Waals surface area contributed by atoms with E-state index in [-0.39, 0.29) is 5.75 Å². The van der Waals surface area contributed by atoms with Crippen molar-refractivity contribution in [2.45, 2.75) is 26.1 Å². The summed E-state index contributed by atoms with van der Waals surface area (Å²) in [6.45, 7) is 2.48. The molecule has 0 saturated carbocycles. The Morgan fingerprint density at radius 1 is 0.963 bits per heavy atom. The van der Waals surface area contributed by atoms with Crippen molar-refractivity contribution >= 4 is 18.0 Å². The molecule has 0 aromatic heterocycles. The zero-order chi connectivity index (χ0) is 20.0. The molecule has 0 fully saturated rings. The van der Waals surface area contributed by atoms with E-state index in [4.69, 9.17) is 9.47 Å². The van der Waals surface area contributed by atoms with Crippen LogP contribution in [0.25, 0.3) is 6.08 Å². The maximum Gasteiger partial charge on any atom is 0.416 e. The van der Waals surface area contributed by atoms with Crippen LogP contribution in [0.5, 0.6) is 5.75 Å². The second-order valence-electron chi connectivity index (χ2n) is 5.64. The average molecular weight is 378 g/mol. The molecule has 0 spiro atoms. The van der Waals surface area contributed by atoms with Gasteiger partial charge in [-0.2, -0.15) is 13.2 Å². The molecular weight excluding hydrogens is 361 g/mol. The SMILES string of the molecule is CC(=O)Oc1ccccc1C(C=Cc1ccc(C(F)(F)F)cc1)OC(C)=O. The van der Waals surface area contributed by atoms with Crippen LogP contribution in [-0.2, 0) is 20.5 Å². The molecule has 0 heterocycles. The van der Waals surface area contributed by atoms with Crippen molar-refractivity contribution in [2.24, 2.45) is 0 Å². The van der Waals surface area contributed by atoms with Gasteiger partial charge in [0, 0.05) is 19.4 Å². The van der Waals surface area contributed by atoms with Gasteiger partial charge in [0.15, 0.2) is 0 Å². The summed E-state index contributed by atoms with van der Waals surface area (Å²) >= 11 is 0. The predicted molar refractivity (Wildman–Crippen MR) is 92.7 cm³/mol. The van der Waals surface area contributed by atoms with Gasteiger partial charge < -0.3 is 9.47 Å². The molecule has 0 radical (unpaired) electrons. The lowest BCUT2D eigenvalue weighted by molar-refractivity contribution is -0.144. The summed E-state index contributed by atoms with van der Waals surface area (Å²) in [7, 11) is 0. The monoisotopic (exact) mass is 378 g/mol. The van der Waals surface area contributed by atoms with E-state index in [2.05, 4.69) is 0 Å². The van der Waals surface area contributed by atoms with E-state index in [1.54, 1.807) is 24.3 Å². The molecule has 0 saturated heterocycles. The summed E-state index contributed by atoms with van der Waals surface area (Å²) in [5.41, 5.74) is 0.174. The van der Waals surface area contributed by atoms with Gasteiger partial charge in [0.2, 0.25) is 0 Å².